The van der Waals surface area contributed by atoms with Gasteiger partial charge in [-0.25, -0.2) is 18.4 Å². The van der Waals surface area contributed by atoms with Gasteiger partial charge in [-0.05, 0) is 19.8 Å². The SMILES string of the molecule is Cc1cnc([C@@H]2CCCN(S(=O)(=O)c3cn(C)cn3)C2)[nH]1. The number of aromatic amines is 1. The highest BCUT2D eigenvalue weighted by molar-refractivity contribution is 7.89. The molecule has 3 rings (SSSR count). The van der Waals surface area contributed by atoms with Crippen molar-refractivity contribution < 1.29 is 8.42 Å². The van der Waals surface area contributed by atoms with E-state index < -0.39 is 10.0 Å². The monoisotopic (exact) mass is 309 g/mol. The van der Waals surface area contributed by atoms with Gasteiger partial charge >= 0.3 is 0 Å². The Labute approximate surface area is 124 Å². The number of nitrogens with zero attached hydrogens (tertiary/aromatic N) is 4. The lowest BCUT2D eigenvalue weighted by Crippen LogP contribution is -2.39. The number of imidazole rings is 2. The number of aromatic nitrogens is 4. The van der Waals surface area contributed by atoms with Crippen LogP contribution in [-0.2, 0) is 17.1 Å². The van der Waals surface area contributed by atoms with Gasteiger partial charge in [-0.3, -0.25) is 0 Å². The summed E-state index contributed by atoms with van der Waals surface area (Å²) in [6.45, 7) is 2.93. The predicted molar refractivity (Wildman–Crippen MR) is 77.3 cm³/mol. The lowest BCUT2D eigenvalue weighted by atomic mass is 9.99. The van der Waals surface area contributed by atoms with E-state index in [-0.39, 0.29) is 10.9 Å². The second-order valence-electron chi connectivity index (χ2n) is 5.53. The van der Waals surface area contributed by atoms with Crippen molar-refractivity contribution in [3.8, 4) is 0 Å². The van der Waals surface area contributed by atoms with Crippen LogP contribution in [-0.4, -0.2) is 45.3 Å². The summed E-state index contributed by atoms with van der Waals surface area (Å²) in [6, 6.07) is 0. The number of nitrogens with one attached hydrogen (secondary N) is 1. The summed E-state index contributed by atoms with van der Waals surface area (Å²) in [5.41, 5.74) is 0.995. The molecular weight excluding hydrogens is 290 g/mol. The van der Waals surface area contributed by atoms with Crippen LogP contribution in [0.15, 0.2) is 23.7 Å². The van der Waals surface area contributed by atoms with E-state index in [2.05, 4.69) is 15.0 Å². The topological polar surface area (TPSA) is 83.9 Å². The molecule has 8 heteroatoms. The van der Waals surface area contributed by atoms with Crippen LogP contribution in [0.25, 0.3) is 0 Å². The van der Waals surface area contributed by atoms with E-state index in [9.17, 15) is 8.42 Å². The fourth-order valence-electron chi connectivity index (χ4n) is 2.68. The van der Waals surface area contributed by atoms with E-state index in [1.165, 1.54) is 16.8 Å². The zero-order valence-electron chi connectivity index (χ0n) is 12.2. The Kier molecular flexibility index (Phi) is 3.58. The molecule has 1 aliphatic heterocycles. The van der Waals surface area contributed by atoms with E-state index in [1.54, 1.807) is 17.8 Å². The molecule has 21 heavy (non-hydrogen) atoms. The number of aryl methyl sites for hydroxylation is 2. The van der Waals surface area contributed by atoms with Crippen LogP contribution < -0.4 is 0 Å². The zero-order chi connectivity index (χ0) is 15.0. The smallest absolute Gasteiger partial charge is 0.262 e. The van der Waals surface area contributed by atoms with Gasteiger partial charge in [-0.2, -0.15) is 4.31 Å². The van der Waals surface area contributed by atoms with Gasteiger partial charge < -0.3 is 9.55 Å². The van der Waals surface area contributed by atoms with E-state index >= 15 is 0 Å². The molecule has 0 aliphatic carbocycles. The van der Waals surface area contributed by atoms with Gasteiger partial charge in [0, 0.05) is 44.1 Å². The quantitative estimate of drug-likeness (QED) is 0.917. The van der Waals surface area contributed by atoms with Gasteiger partial charge in [0.15, 0.2) is 5.03 Å². The first-order chi connectivity index (χ1) is 9.96. The lowest BCUT2D eigenvalue weighted by Gasteiger charge is -2.30. The summed E-state index contributed by atoms with van der Waals surface area (Å²) in [5.74, 6) is 0.986. The zero-order valence-corrected chi connectivity index (χ0v) is 13.0. The molecule has 0 unspecified atom stereocenters. The van der Waals surface area contributed by atoms with Crippen molar-refractivity contribution in [1.82, 2.24) is 23.8 Å². The van der Waals surface area contributed by atoms with E-state index in [4.69, 9.17) is 0 Å². The highest BCUT2D eigenvalue weighted by atomic mass is 32.2. The lowest BCUT2D eigenvalue weighted by molar-refractivity contribution is 0.309. The summed E-state index contributed by atoms with van der Waals surface area (Å²) in [5, 5.41) is 0.112. The Bertz CT molecular complexity index is 733. The third-order valence-electron chi connectivity index (χ3n) is 3.78. The second-order valence-corrected chi connectivity index (χ2v) is 7.42. The third kappa shape index (κ3) is 2.73. The van der Waals surface area contributed by atoms with Crippen molar-refractivity contribution in [2.24, 2.45) is 7.05 Å². The Balaban J connectivity index is 1.83. The Morgan fingerprint density at radius 3 is 2.81 bits per heavy atom. The van der Waals surface area contributed by atoms with Crippen LogP contribution in [0.1, 0.15) is 30.3 Å². The third-order valence-corrected chi connectivity index (χ3v) is 5.53. The minimum Gasteiger partial charge on any atom is -0.346 e. The van der Waals surface area contributed by atoms with Crippen LogP contribution in [0.3, 0.4) is 0 Å². The van der Waals surface area contributed by atoms with Crippen molar-refractivity contribution in [1.29, 1.82) is 0 Å². The van der Waals surface area contributed by atoms with Crippen molar-refractivity contribution in [2.45, 2.75) is 30.7 Å². The fraction of sp³-hybridized carbons (Fsp3) is 0.538. The molecule has 0 bridgehead atoms. The molecule has 0 radical (unpaired) electrons. The Hall–Kier alpha value is -1.67. The van der Waals surface area contributed by atoms with Gasteiger partial charge in [0.1, 0.15) is 5.82 Å². The van der Waals surface area contributed by atoms with Crippen LogP contribution in [0, 0.1) is 6.92 Å². The van der Waals surface area contributed by atoms with Gasteiger partial charge in [-0.1, -0.05) is 0 Å². The van der Waals surface area contributed by atoms with Crippen LogP contribution >= 0.6 is 0 Å². The standard InChI is InChI=1S/C13H19N5O2S/c1-10-6-14-13(16-10)11-4-3-5-18(7-11)21(19,20)12-8-17(2)9-15-12/h6,8-9,11H,3-5,7H2,1-2H3,(H,14,16)/t11-/m1/s1. The average molecular weight is 309 g/mol. The normalized spacial score (nSPS) is 20.8. The summed E-state index contributed by atoms with van der Waals surface area (Å²) in [7, 11) is -1.76. The Morgan fingerprint density at radius 1 is 1.38 bits per heavy atom. The van der Waals surface area contributed by atoms with Crippen molar-refractivity contribution in [3.05, 3.63) is 30.2 Å². The average Bonchev–Trinajstić information content (AvgIpc) is 3.08. The Morgan fingerprint density at radius 2 is 2.19 bits per heavy atom. The number of rotatable bonds is 3. The predicted octanol–water partition coefficient (Wildman–Crippen LogP) is 1.02. The summed E-state index contributed by atoms with van der Waals surface area (Å²) in [4.78, 5) is 11.5. The molecule has 0 spiro atoms. The fourth-order valence-corrected chi connectivity index (χ4v) is 4.17. The van der Waals surface area contributed by atoms with Gasteiger partial charge in [0.25, 0.3) is 10.0 Å². The van der Waals surface area contributed by atoms with Crippen molar-refractivity contribution >= 4 is 10.0 Å². The number of hydrogen-bond acceptors (Lipinski definition) is 4. The molecule has 3 heterocycles. The van der Waals surface area contributed by atoms with Crippen LogP contribution in [0.5, 0.6) is 0 Å². The van der Waals surface area contributed by atoms with Crippen LogP contribution in [0.2, 0.25) is 0 Å². The van der Waals surface area contributed by atoms with Gasteiger partial charge in [0.05, 0.1) is 6.33 Å². The van der Waals surface area contributed by atoms with E-state index in [0.29, 0.717) is 13.1 Å². The molecule has 7 nitrogen and oxygen atoms in total. The highest BCUT2D eigenvalue weighted by Crippen LogP contribution is 2.28. The molecule has 114 valence electrons. The molecule has 1 fully saturated rings. The first-order valence-corrected chi connectivity index (χ1v) is 8.40. The maximum absolute atomic E-state index is 12.6. The molecule has 1 aliphatic rings. The largest absolute Gasteiger partial charge is 0.346 e. The number of piperidine rings is 1. The van der Waals surface area contributed by atoms with E-state index in [0.717, 1.165) is 24.4 Å². The minimum atomic E-state index is -3.52. The molecule has 1 atom stereocenters. The summed E-state index contributed by atoms with van der Waals surface area (Å²) < 4.78 is 28.4. The number of hydrogen-bond donors (Lipinski definition) is 1. The maximum atomic E-state index is 12.6. The number of sulfonamides is 1. The first kappa shape index (κ1) is 14.3. The summed E-state index contributed by atoms with van der Waals surface area (Å²) in [6.07, 6.45) is 6.60. The molecule has 2 aromatic rings. The first-order valence-electron chi connectivity index (χ1n) is 6.96. The second kappa shape index (κ2) is 5.27. The van der Waals surface area contributed by atoms with E-state index in [1.807, 2.05) is 6.92 Å². The van der Waals surface area contributed by atoms with Crippen molar-refractivity contribution in [3.63, 3.8) is 0 Å². The summed E-state index contributed by atoms with van der Waals surface area (Å²) >= 11 is 0. The molecule has 1 saturated heterocycles. The molecule has 2 aromatic heterocycles. The molecule has 0 saturated carbocycles. The highest BCUT2D eigenvalue weighted by Gasteiger charge is 2.33. The molecule has 0 aromatic carbocycles. The van der Waals surface area contributed by atoms with Gasteiger partial charge in [-0.15, -0.1) is 0 Å². The number of H-pyrrole nitrogens is 1. The van der Waals surface area contributed by atoms with Gasteiger partial charge in [0.2, 0.25) is 0 Å². The molecule has 0 amide bonds. The molecular formula is C13H19N5O2S. The van der Waals surface area contributed by atoms with Crippen molar-refractivity contribution in [2.75, 3.05) is 13.1 Å². The van der Waals surface area contributed by atoms with Crippen LogP contribution in [0.4, 0.5) is 0 Å². The maximum Gasteiger partial charge on any atom is 0.262 e. The molecule has 1 N–H and O–H groups in total. The minimum absolute atomic E-state index is 0.112.